The lowest BCUT2D eigenvalue weighted by Crippen LogP contribution is -2.44. The summed E-state index contributed by atoms with van der Waals surface area (Å²) in [5, 5.41) is 3.73. The van der Waals surface area contributed by atoms with Gasteiger partial charge in [-0.25, -0.2) is 4.98 Å². The third-order valence-electron chi connectivity index (χ3n) is 5.27. The van der Waals surface area contributed by atoms with E-state index in [-0.39, 0.29) is 17.7 Å². The van der Waals surface area contributed by atoms with Gasteiger partial charge < -0.3 is 15.1 Å². The number of benzene rings is 1. The average Bonchev–Trinajstić information content (AvgIpc) is 3.44. The quantitative estimate of drug-likeness (QED) is 0.897. The SMILES string of the molecule is CN1CCN(c2ccc(NC(=O)[C@@H]3C[C@H]3c3ccccc3Cl)cn2)CC1. The molecule has 2 fully saturated rings. The first-order valence-corrected chi connectivity index (χ1v) is 9.44. The second-order valence-electron chi connectivity index (χ2n) is 7.15. The van der Waals surface area contributed by atoms with Gasteiger partial charge >= 0.3 is 0 Å². The minimum Gasteiger partial charge on any atom is -0.354 e. The Morgan fingerprint density at radius 2 is 1.92 bits per heavy atom. The van der Waals surface area contributed by atoms with E-state index in [1.807, 2.05) is 36.4 Å². The molecule has 1 N–H and O–H groups in total. The highest BCUT2D eigenvalue weighted by Crippen LogP contribution is 2.49. The van der Waals surface area contributed by atoms with Crippen molar-refractivity contribution in [3.8, 4) is 0 Å². The van der Waals surface area contributed by atoms with Crippen LogP contribution in [0.4, 0.5) is 11.5 Å². The molecule has 0 spiro atoms. The average molecular weight is 371 g/mol. The number of hydrogen-bond acceptors (Lipinski definition) is 4. The number of halogens is 1. The smallest absolute Gasteiger partial charge is 0.228 e. The molecule has 2 aliphatic rings. The Bertz CT molecular complexity index is 787. The van der Waals surface area contributed by atoms with Gasteiger partial charge in [0, 0.05) is 37.1 Å². The number of piperazine rings is 1. The van der Waals surface area contributed by atoms with E-state index >= 15 is 0 Å². The number of rotatable bonds is 4. The fraction of sp³-hybridized carbons (Fsp3) is 0.400. The number of carbonyl (C=O) groups excluding carboxylic acids is 1. The van der Waals surface area contributed by atoms with E-state index in [9.17, 15) is 4.79 Å². The number of amides is 1. The van der Waals surface area contributed by atoms with Gasteiger partial charge in [-0.05, 0) is 43.1 Å². The molecule has 1 saturated heterocycles. The van der Waals surface area contributed by atoms with Crippen LogP contribution in [-0.2, 0) is 4.79 Å². The number of likely N-dealkylation sites (N-methyl/N-ethyl adjacent to an activating group) is 1. The number of carbonyl (C=O) groups is 1. The zero-order valence-electron chi connectivity index (χ0n) is 14.9. The summed E-state index contributed by atoms with van der Waals surface area (Å²) in [4.78, 5) is 21.6. The molecule has 136 valence electrons. The van der Waals surface area contributed by atoms with E-state index in [4.69, 9.17) is 11.6 Å². The third-order valence-corrected chi connectivity index (χ3v) is 5.62. The zero-order valence-corrected chi connectivity index (χ0v) is 15.6. The van der Waals surface area contributed by atoms with E-state index in [1.165, 1.54) is 0 Å². The van der Waals surface area contributed by atoms with Crippen LogP contribution in [0.25, 0.3) is 0 Å². The Balaban J connectivity index is 1.35. The maximum Gasteiger partial charge on any atom is 0.228 e. The lowest BCUT2D eigenvalue weighted by molar-refractivity contribution is -0.117. The molecule has 4 rings (SSSR count). The number of aromatic nitrogens is 1. The molecule has 1 aromatic heterocycles. The molecule has 6 heteroatoms. The van der Waals surface area contributed by atoms with E-state index in [0.717, 1.165) is 54.7 Å². The summed E-state index contributed by atoms with van der Waals surface area (Å²) in [6, 6.07) is 11.7. The highest BCUT2D eigenvalue weighted by atomic mass is 35.5. The second-order valence-corrected chi connectivity index (χ2v) is 7.56. The molecule has 26 heavy (non-hydrogen) atoms. The molecule has 0 unspecified atom stereocenters. The van der Waals surface area contributed by atoms with Crippen molar-refractivity contribution in [3.05, 3.63) is 53.2 Å². The van der Waals surface area contributed by atoms with E-state index in [0.29, 0.717) is 0 Å². The molecule has 2 atom stereocenters. The summed E-state index contributed by atoms with van der Waals surface area (Å²) in [6.45, 7) is 4.06. The topological polar surface area (TPSA) is 48.5 Å². The van der Waals surface area contributed by atoms with Crippen molar-refractivity contribution in [1.82, 2.24) is 9.88 Å². The van der Waals surface area contributed by atoms with Crippen LogP contribution in [0, 0.1) is 5.92 Å². The van der Waals surface area contributed by atoms with Gasteiger partial charge in [0.05, 0.1) is 11.9 Å². The van der Waals surface area contributed by atoms with Gasteiger partial charge in [0.1, 0.15) is 5.82 Å². The van der Waals surface area contributed by atoms with Crippen molar-refractivity contribution >= 4 is 29.0 Å². The van der Waals surface area contributed by atoms with Crippen LogP contribution in [0.1, 0.15) is 17.9 Å². The van der Waals surface area contributed by atoms with Crippen molar-refractivity contribution in [3.63, 3.8) is 0 Å². The van der Waals surface area contributed by atoms with Crippen LogP contribution < -0.4 is 10.2 Å². The Kier molecular flexibility index (Phi) is 4.83. The Morgan fingerprint density at radius 3 is 2.62 bits per heavy atom. The second kappa shape index (κ2) is 7.25. The molecular formula is C20H23ClN4O. The van der Waals surface area contributed by atoms with Crippen LogP contribution in [0.15, 0.2) is 42.6 Å². The summed E-state index contributed by atoms with van der Waals surface area (Å²) in [6.07, 6.45) is 2.60. The van der Waals surface area contributed by atoms with E-state index < -0.39 is 0 Å². The lowest BCUT2D eigenvalue weighted by atomic mass is 10.1. The third kappa shape index (κ3) is 3.69. The molecule has 5 nitrogen and oxygen atoms in total. The van der Waals surface area contributed by atoms with Crippen molar-refractivity contribution in [2.45, 2.75) is 12.3 Å². The monoisotopic (exact) mass is 370 g/mol. The van der Waals surface area contributed by atoms with Crippen molar-refractivity contribution in [2.24, 2.45) is 5.92 Å². The number of nitrogens with one attached hydrogen (secondary N) is 1. The summed E-state index contributed by atoms with van der Waals surface area (Å²) in [5.41, 5.74) is 1.82. The number of hydrogen-bond donors (Lipinski definition) is 1. The van der Waals surface area contributed by atoms with Gasteiger partial charge in [0.2, 0.25) is 5.91 Å². The van der Waals surface area contributed by atoms with Crippen LogP contribution in [0.3, 0.4) is 0 Å². The first-order valence-electron chi connectivity index (χ1n) is 9.06. The number of pyridine rings is 1. The van der Waals surface area contributed by atoms with Crippen LogP contribution in [0.5, 0.6) is 0 Å². The van der Waals surface area contributed by atoms with E-state index in [2.05, 4.69) is 27.1 Å². The summed E-state index contributed by atoms with van der Waals surface area (Å²) >= 11 is 6.24. The molecule has 1 aromatic carbocycles. The molecule has 0 radical (unpaired) electrons. The van der Waals surface area contributed by atoms with Crippen LogP contribution in [0.2, 0.25) is 5.02 Å². The molecule has 2 heterocycles. The Labute approximate surface area is 159 Å². The first-order chi connectivity index (χ1) is 12.6. The number of anilines is 2. The van der Waals surface area contributed by atoms with Gasteiger partial charge in [-0.1, -0.05) is 29.8 Å². The van der Waals surface area contributed by atoms with Crippen LogP contribution >= 0.6 is 11.6 Å². The minimum atomic E-state index is -0.00721. The van der Waals surface area contributed by atoms with Crippen molar-refractivity contribution in [1.29, 1.82) is 0 Å². The van der Waals surface area contributed by atoms with Crippen molar-refractivity contribution in [2.75, 3.05) is 43.4 Å². The standard InChI is InChI=1S/C20H23ClN4O/c1-24-8-10-25(11-9-24)19-7-6-14(13-22-19)23-20(26)17-12-16(17)15-4-2-3-5-18(15)21/h2-7,13,16-17H,8-12H2,1H3,(H,23,26)/t16-,17+/m0/s1. The molecule has 0 bridgehead atoms. The van der Waals surface area contributed by atoms with Crippen molar-refractivity contribution < 1.29 is 4.79 Å². The maximum atomic E-state index is 12.5. The van der Waals surface area contributed by atoms with Gasteiger partial charge in [-0.15, -0.1) is 0 Å². The summed E-state index contributed by atoms with van der Waals surface area (Å²) in [5.74, 6) is 1.23. The fourth-order valence-electron chi connectivity index (χ4n) is 3.52. The number of nitrogens with zero attached hydrogens (tertiary/aromatic N) is 3. The molecule has 1 amide bonds. The van der Waals surface area contributed by atoms with E-state index in [1.54, 1.807) is 6.20 Å². The molecular weight excluding hydrogens is 348 g/mol. The lowest BCUT2D eigenvalue weighted by Gasteiger charge is -2.33. The Hall–Kier alpha value is -2.11. The summed E-state index contributed by atoms with van der Waals surface area (Å²) in [7, 11) is 2.14. The zero-order chi connectivity index (χ0) is 18.1. The maximum absolute atomic E-state index is 12.5. The molecule has 1 aliphatic carbocycles. The predicted molar refractivity (Wildman–Crippen MR) is 105 cm³/mol. The van der Waals surface area contributed by atoms with Crippen LogP contribution in [-0.4, -0.2) is 49.0 Å². The highest BCUT2D eigenvalue weighted by Gasteiger charge is 2.44. The molecule has 1 saturated carbocycles. The first kappa shape index (κ1) is 17.3. The largest absolute Gasteiger partial charge is 0.354 e. The highest BCUT2D eigenvalue weighted by molar-refractivity contribution is 6.31. The normalized spacial score (nSPS) is 22.9. The molecule has 1 aliphatic heterocycles. The minimum absolute atomic E-state index is 0.00721. The van der Waals surface area contributed by atoms with Gasteiger partial charge in [0.15, 0.2) is 0 Å². The Morgan fingerprint density at radius 1 is 1.15 bits per heavy atom. The summed E-state index contributed by atoms with van der Waals surface area (Å²) < 4.78 is 0. The van der Waals surface area contributed by atoms with Gasteiger partial charge in [0.25, 0.3) is 0 Å². The van der Waals surface area contributed by atoms with Gasteiger partial charge in [-0.2, -0.15) is 0 Å². The predicted octanol–water partition coefficient (Wildman–Crippen LogP) is 3.23. The van der Waals surface area contributed by atoms with Gasteiger partial charge in [-0.3, -0.25) is 4.79 Å². The molecule has 2 aromatic rings. The fourth-order valence-corrected chi connectivity index (χ4v) is 3.80.